The van der Waals surface area contributed by atoms with Crippen LogP contribution in [0.15, 0.2) is 0 Å². The molecule has 1 aromatic rings. The van der Waals surface area contributed by atoms with Gasteiger partial charge in [-0.2, -0.15) is 0 Å². The Hall–Kier alpha value is -1.03. The van der Waals surface area contributed by atoms with Gasteiger partial charge in [0.1, 0.15) is 5.00 Å². The number of methoxy groups -OCH3 is 1. The van der Waals surface area contributed by atoms with Gasteiger partial charge >= 0.3 is 5.97 Å². The van der Waals surface area contributed by atoms with Crippen LogP contribution in [0.2, 0.25) is 0 Å². The van der Waals surface area contributed by atoms with Gasteiger partial charge in [-0.1, -0.05) is 27.2 Å². The molecule has 2 N–H and O–H groups in total. The van der Waals surface area contributed by atoms with Gasteiger partial charge in [0.15, 0.2) is 0 Å². The number of carbonyl (C=O) groups is 1. The summed E-state index contributed by atoms with van der Waals surface area (Å²) in [5, 5.41) is 0.617. The molecule has 3 nitrogen and oxygen atoms in total. The monoisotopic (exact) mass is 281 g/mol. The Balaban J connectivity index is 2.31. The van der Waals surface area contributed by atoms with E-state index in [2.05, 4.69) is 20.8 Å². The third-order valence-electron chi connectivity index (χ3n) is 4.70. The minimum atomic E-state index is -0.289. The smallest absolute Gasteiger partial charge is 0.341 e. The molecule has 1 heterocycles. The van der Waals surface area contributed by atoms with Gasteiger partial charge in [-0.15, -0.1) is 11.3 Å². The molecule has 1 aliphatic carbocycles. The van der Waals surface area contributed by atoms with Crippen molar-refractivity contribution in [3.63, 3.8) is 0 Å². The highest BCUT2D eigenvalue weighted by molar-refractivity contribution is 7.16. The highest BCUT2D eigenvalue weighted by atomic mass is 32.1. The van der Waals surface area contributed by atoms with Crippen molar-refractivity contribution in [2.75, 3.05) is 12.8 Å². The third-order valence-corrected chi connectivity index (χ3v) is 5.78. The van der Waals surface area contributed by atoms with E-state index in [0.29, 0.717) is 21.9 Å². The van der Waals surface area contributed by atoms with Gasteiger partial charge in [0.25, 0.3) is 0 Å². The molecular formula is C15H23NO2S. The largest absolute Gasteiger partial charge is 0.465 e. The molecule has 0 unspecified atom stereocenters. The number of nitrogens with two attached hydrogens (primary N) is 1. The Morgan fingerprint density at radius 1 is 1.53 bits per heavy atom. The molecule has 0 spiro atoms. The molecule has 1 atom stereocenters. The van der Waals surface area contributed by atoms with Crippen LogP contribution in [-0.4, -0.2) is 13.1 Å². The van der Waals surface area contributed by atoms with Crippen molar-refractivity contribution in [2.24, 2.45) is 11.3 Å². The molecule has 1 aliphatic rings. The number of ether oxygens (including phenoxy) is 1. The van der Waals surface area contributed by atoms with Crippen LogP contribution in [0.1, 0.15) is 54.4 Å². The van der Waals surface area contributed by atoms with Crippen molar-refractivity contribution in [2.45, 2.75) is 46.5 Å². The fourth-order valence-electron chi connectivity index (χ4n) is 2.89. The summed E-state index contributed by atoms with van der Waals surface area (Å²) >= 11 is 1.57. The molecule has 1 aromatic heterocycles. The zero-order chi connectivity index (χ0) is 14.2. The van der Waals surface area contributed by atoms with Crippen LogP contribution < -0.4 is 5.73 Å². The van der Waals surface area contributed by atoms with Crippen molar-refractivity contribution in [3.8, 4) is 0 Å². The van der Waals surface area contributed by atoms with Crippen LogP contribution in [0.4, 0.5) is 5.00 Å². The van der Waals surface area contributed by atoms with E-state index in [1.54, 1.807) is 11.3 Å². The van der Waals surface area contributed by atoms with E-state index in [9.17, 15) is 4.79 Å². The summed E-state index contributed by atoms with van der Waals surface area (Å²) in [6.45, 7) is 6.92. The van der Waals surface area contributed by atoms with E-state index in [4.69, 9.17) is 10.5 Å². The fraction of sp³-hybridized carbons (Fsp3) is 0.667. The van der Waals surface area contributed by atoms with E-state index in [-0.39, 0.29) is 5.97 Å². The first-order valence-corrected chi connectivity index (χ1v) is 7.70. The van der Waals surface area contributed by atoms with Crippen LogP contribution in [0, 0.1) is 11.3 Å². The number of hydrogen-bond donors (Lipinski definition) is 1. The standard InChI is InChI=1S/C15H23NO2S/c1-5-15(2,3)9-6-7-10-11(8-9)19-13(16)12(10)14(17)18-4/h9H,5-8,16H2,1-4H3/t9-/m1/s1. The topological polar surface area (TPSA) is 52.3 Å². The molecule has 0 fully saturated rings. The van der Waals surface area contributed by atoms with Gasteiger partial charge in [-0.3, -0.25) is 0 Å². The Labute approximate surface area is 119 Å². The van der Waals surface area contributed by atoms with Crippen molar-refractivity contribution >= 4 is 22.3 Å². The Morgan fingerprint density at radius 3 is 2.79 bits per heavy atom. The molecule has 0 aliphatic heterocycles. The Morgan fingerprint density at radius 2 is 2.21 bits per heavy atom. The van der Waals surface area contributed by atoms with Crippen molar-refractivity contribution in [1.82, 2.24) is 0 Å². The van der Waals surface area contributed by atoms with Crippen molar-refractivity contribution in [3.05, 3.63) is 16.0 Å². The van der Waals surface area contributed by atoms with Gasteiger partial charge < -0.3 is 10.5 Å². The summed E-state index contributed by atoms with van der Waals surface area (Å²) in [5.74, 6) is 0.386. The molecule has 106 valence electrons. The average molecular weight is 281 g/mol. The number of esters is 1. The zero-order valence-corrected chi connectivity index (χ0v) is 13.0. The lowest BCUT2D eigenvalue weighted by atomic mass is 9.69. The number of hydrogen-bond acceptors (Lipinski definition) is 4. The second-order valence-corrected chi connectivity index (χ2v) is 7.15. The van der Waals surface area contributed by atoms with Crippen molar-refractivity contribution in [1.29, 1.82) is 0 Å². The first-order chi connectivity index (χ1) is 8.90. The molecule has 4 heteroatoms. The molecular weight excluding hydrogens is 258 g/mol. The highest BCUT2D eigenvalue weighted by Gasteiger charge is 2.34. The summed E-state index contributed by atoms with van der Waals surface area (Å²) in [6, 6.07) is 0. The van der Waals surface area contributed by atoms with E-state index in [1.807, 2.05) is 0 Å². The first-order valence-electron chi connectivity index (χ1n) is 6.89. The van der Waals surface area contributed by atoms with Crippen LogP contribution in [-0.2, 0) is 17.6 Å². The lowest BCUT2D eigenvalue weighted by Gasteiger charge is -2.36. The molecule has 0 saturated carbocycles. The normalized spacial score (nSPS) is 19.1. The molecule has 19 heavy (non-hydrogen) atoms. The lowest BCUT2D eigenvalue weighted by molar-refractivity contribution is 0.0600. The second kappa shape index (κ2) is 5.16. The molecule has 0 saturated heterocycles. The van der Waals surface area contributed by atoms with E-state index >= 15 is 0 Å². The summed E-state index contributed by atoms with van der Waals surface area (Å²) in [4.78, 5) is 13.1. The minimum absolute atomic E-state index is 0.289. The maximum Gasteiger partial charge on any atom is 0.341 e. The maximum absolute atomic E-state index is 11.8. The Bertz CT molecular complexity index is 491. The minimum Gasteiger partial charge on any atom is -0.465 e. The predicted octanol–water partition coefficient (Wildman–Crippen LogP) is 3.66. The first kappa shape index (κ1) is 14.4. The lowest BCUT2D eigenvalue weighted by Crippen LogP contribution is -2.28. The van der Waals surface area contributed by atoms with Crippen LogP contribution in [0.25, 0.3) is 0 Å². The number of rotatable bonds is 3. The number of anilines is 1. The highest BCUT2D eigenvalue weighted by Crippen LogP contribution is 2.44. The molecule has 0 bridgehead atoms. The number of carbonyl (C=O) groups excluding carboxylic acids is 1. The molecule has 0 aromatic carbocycles. The van der Waals surface area contributed by atoms with Gasteiger partial charge in [-0.05, 0) is 36.2 Å². The SMILES string of the molecule is CCC(C)(C)[C@@H]1CCc2c(sc(N)c2C(=O)OC)C1. The number of nitrogen functional groups attached to an aromatic ring is 1. The fourth-order valence-corrected chi connectivity index (χ4v) is 4.07. The third kappa shape index (κ3) is 2.50. The quantitative estimate of drug-likeness (QED) is 0.860. The average Bonchev–Trinajstić information content (AvgIpc) is 2.72. The Kier molecular flexibility index (Phi) is 3.90. The predicted molar refractivity (Wildman–Crippen MR) is 79.7 cm³/mol. The van der Waals surface area contributed by atoms with Gasteiger partial charge in [-0.25, -0.2) is 4.79 Å². The van der Waals surface area contributed by atoms with Crippen LogP contribution in [0.5, 0.6) is 0 Å². The van der Waals surface area contributed by atoms with Gasteiger partial charge in [0.2, 0.25) is 0 Å². The summed E-state index contributed by atoms with van der Waals surface area (Å²) in [6.07, 6.45) is 4.30. The van der Waals surface area contributed by atoms with Gasteiger partial charge in [0.05, 0.1) is 12.7 Å². The second-order valence-electron chi connectivity index (χ2n) is 6.02. The molecule has 0 amide bonds. The van der Waals surface area contributed by atoms with E-state index in [0.717, 1.165) is 24.8 Å². The number of thiophene rings is 1. The zero-order valence-electron chi connectivity index (χ0n) is 12.2. The van der Waals surface area contributed by atoms with E-state index < -0.39 is 0 Å². The van der Waals surface area contributed by atoms with E-state index in [1.165, 1.54) is 18.4 Å². The molecule has 0 radical (unpaired) electrons. The maximum atomic E-state index is 11.8. The van der Waals surface area contributed by atoms with Crippen LogP contribution >= 0.6 is 11.3 Å². The van der Waals surface area contributed by atoms with Crippen LogP contribution in [0.3, 0.4) is 0 Å². The van der Waals surface area contributed by atoms with Crippen molar-refractivity contribution < 1.29 is 9.53 Å². The van der Waals surface area contributed by atoms with Gasteiger partial charge in [0, 0.05) is 4.88 Å². The number of fused-ring (bicyclic) bond motifs is 1. The molecule has 2 rings (SSSR count). The summed E-state index contributed by atoms with van der Waals surface area (Å²) in [5.41, 5.74) is 8.11. The summed E-state index contributed by atoms with van der Waals surface area (Å²) < 4.78 is 4.84. The summed E-state index contributed by atoms with van der Waals surface area (Å²) in [7, 11) is 1.41.